The Labute approximate surface area is 81.9 Å². The van der Waals surface area contributed by atoms with E-state index in [0.717, 1.165) is 11.8 Å². The van der Waals surface area contributed by atoms with Gasteiger partial charge >= 0.3 is 0 Å². The summed E-state index contributed by atoms with van der Waals surface area (Å²) in [5, 5.41) is 8.59. The highest BCUT2D eigenvalue weighted by Gasteiger charge is 2.33. The van der Waals surface area contributed by atoms with Gasteiger partial charge < -0.3 is 5.11 Å². The molecule has 1 nitrogen and oxygen atoms in total. The maximum atomic E-state index is 8.59. The summed E-state index contributed by atoms with van der Waals surface area (Å²) in [6.07, 6.45) is 12.4. The van der Waals surface area contributed by atoms with Crippen LogP contribution < -0.4 is 0 Å². The lowest BCUT2D eigenvalue weighted by atomic mass is 10.1. The Balaban J connectivity index is 1.92. The first kappa shape index (κ1) is 10.8. The highest BCUT2D eigenvalue weighted by Crippen LogP contribution is 2.43. The van der Waals surface area contributed by atoms with Crippen molar-refractivity contribution in [1.82, 2.24) is 0 Å². The minimum atomic E-state index is 0.207. The topological polar surface area (TPSA) is 20.2 Å². The molecule has 0 aromatic rings. The molecule has 1 aliphatic rings. The number of hydrogen-bond acceptors (Lipinski definition) is 1. The normalized spacial score (nSPS) is 26.9. The van der Waals surface area contributed by atoms with E-state index in [-0.39, 0.29) is 6.61 Å². The zero-order valence-corrected chi connectivity index (χ0v) is 8.71. The fourth-order valence-corrected chi connectivity index (χ4v) is 1.91. The van der Waals surface area contributed by atoms with Crippen molar-refractivity contribution < 1.29 is 5.11 Å². The van der Waals surface area contributed by atoms with E-state index in [0.29, 0.717) is 0 Å². The second-order valence-corrected chi connectivity index (χ2v) is 4.12. The highest BCUT2D eigenvalue weighted by molar-refractivity contribution is 5.01. The molecule has 0 unspecified atom stereocenters. The van der Waals surface area contributed by atoms with E-state index >= 15 is 0 Å². The minimum Gasteiger partial charge on any atom is -0.392 e. The summed E-state index contributed by atoms with van der Waals surface area (Å²) in [6, 6.07) is 0. The molecule has 0 aromatic heterocycles. The van der Waals surface area contributed by atoms with E-state index in [9.17, 15) is 0 Å². The van der Waals surface area contributed by atoms with E-state index in [1.807, 2.05) is 6.08 Å². The van der Waals surface area contributed by atoms with E-state index in [1.165, 1.54) is 38.5 Å². The van der Waals surface area contributed by atoms with E-state index in [2.05, 4.69) is 13.0 Å². The second kappa shape index (κ2) is 6.20. The maximum absolute atomic E-state index is 8.59. The van der Waals surface area contributed by atoms with Crippen molar-refractivity contribution >= 4 is 0 Å². The molecule has 1 saturated carbocycles. The van der Waals surface area contributed by atoms with Crippen LogP contribution in [0.25, 0.3) is 0 Å². The average Bonchev–Trinajstić information content (AvgIpc) is 2.88. The molecule has 1 rings (SSSR count). The molecule has 0 spiro atoms. The maximum Gasteiger partial charge on any atom is 0.0612 e. The van der Waals surface area contributed by atoms with Gasteiger partial charge in [0.05, 0.1) is 6.61 Å². The molecule has 0 amide bonds. The van der Waals surface area contributed by atoms with Crippen LogP contribution in [0.15, 0.2) is 12.2 Å². The Morgan fingerprint density at radius 1 is 1.31 bits per heavy atom. The summed E-state index contributed by atoms with van der Waals surface area (Å²) in [6.45, 7) is 2.46. The molecule has 13 heavy (non-hydrogen) atoms. The van der Waals surface area contributed by atoms with Gasteiger partial charge in [0.25, 0.3) is 0 Å². The van der Waals surface area contributed by atoms with Gasteiger partial charge in [-0.3, -0.25) is 0 Å². The third kappa shape index (κ3) is 4.47. The number of allylic oxidation sites excluding steroid dienone is 1. The molecule has 0 saturated heterocycles. The first-order valence-electron chi connectivity index (χ1n) is 5.66. The smallest absolute Gasteiger partial charge is 0.0612 e. The van der Waals surface area contributed by atoms with Gasteiger partial charge in [0.1, 0.15) is 0 Å². The molecule has 76 valence electrons. The highest BCUT2D eigenvalue weighted by atomic mass is 16.2. The molecule has 0 radical (unpaired) electrons. The van der Waals surface area contributed by atoms with Crippen LogP contribution in [0.2, 0.25) is 0 Å². The predicted molar refractivity (Wildman–Crippen MR) is 56.6 cm³/mol. The predicted octanol–water partition coefficient (Wildman–Crippen LogP) is 3.14. The van der Waals surface area contributed by atoms with Crippen molar-refractivity contribution in [3.63, 3.8) is 0 Å². The molecule has 0 aliphatic heterocycles. The van der Waals surface area contributed by atoms with Gasteiger partial charge in [-0.15, -0.1) is 0 Å². The monoisotopic (exact) mass is 182 g/mol. The van der Waals surface area contributed by atoms with Crippen molar-refractivity contribution in [2.45, 2.75) is 45.4 Å². The van der Waals surface area contributed by atoms with Crippen LogP contribution in [0.1, 0.15) is 45.4 Å². The Bertz CT molecular complexity index is 151. The van der Waals surface area contributed by atoms with Crippen LogP contribution in [-0.4, -0.2) is 11.7 Å². The molecule has 0 aromatic carbocycles. The van der Waals surface area contributed by atoms with Gasteiger partial charge in [0.2, 0.25) is 0 Å². The molecule has 1 heteroatoms. The number of aliphatic hydroxyl groups is 1. The molecule has 2 atom stereocenters. The molecular weight excluding hydrogens is 160 g/mol. The molecule has 1 N–H and O–H groups in total. The van der Waals surface area contributed by atoms with Gasteiger partial charge in [0.15, 0.2) is 0 Å². The van der Waals surface area contributed by atoms with Gasteiger partial charge in [0, 0.05) is 0 Å². The van der Waals surface area contributed by atoms with E-state index in [4.69, 9.17) is 5.11 Å². The lowest BCUT2D eigenvalue weighted by Crippen LogP contribution is -1.82. The Morgan fingerprint density at radius 3 is 2.85 bits per heavy atom. The van der Waals surface area contributed by atoms with Crippen LogP contribution in [-0.2, 0) is 0 Å². The number of rotatable bonds is 7. The average molecular weight is 182 g/mol. The quantitative estimate of drug-likeness (QED) is 0.473. The summed E-state index contributed by atoms with van der Waals surface area (Å²) < 4.78 is 0. The van der Waals surface area contributed by atoms with Crippen molar-refractivity contribution in [2.24, 2.45) is 11.8 Å². The molecular formula is C12H22O. The Morgan fingerprint density at radius 2 is 2.15 bits per heavy atom. The minimum absolute atomic E-state index is 0.207. The number of hydrogen-bond donors (Lipinski definition) is 1. The molecule has 0 bridgehead atoms. The fourth-order valence-electron chi connectivity index (χ4n) is 1.91. The third-order valence-electron chi connectivity index (χ3n) is 2.89. The zero-order valence-electron chi connectivity index (χ0n) is 8.71. The van der Waals surface area contributed by atoms with Crippen LogP contribution in [0.3, 0.4) is 0 Å². The second-order valence-electron chi connectivity index (χ2n) is 4.12. The van der Waals surface area contributed by atoms with Crippen molar-refractivity contribution in [1.29, 1.82) is 0 Å². The summed E-state index contributed by atoms with van der Waals surface area (Å²) in [5.41, 5.74) is 0. The fraction of sp³-hybridized carbons (Fsp3) is 0.833. The van der Waals surface area contributed by atoms with Crippen LogP contribution in [0.4, 0.5) is 0 Å². The van der Waals surface area contributed by atoms with Gasteiger partial charge in [-0.05, 0) is 24.7 Å². The summed E-state index contributed by atoms with van der Waals surface area (Å²) in [4.78, 5) is 0. The van der Waals surface area contributed by atoms with Gasteiger partial charge in [-0.2, -0.15) is 0 Å². The lowest BCUT2D eigenvalue weighted by molar-refractivity contribution is 0.342. The number of unbranched alkanes of at least 4 members (excludes halogenated alkanes) is 3. The summed E-state index contributed by atoms with van der Waals surface area (Å²) >= 11 is 0. The molecule has 0 heterocycles. The Kier molecular flexibility index (Phi) is 5.14. The van der Waals surface area contributed by atoms with E-state index < -0.39 is 0 Å². The van der Waals surface area contributed by atoms with Crippen LogP contribution in [0.5, 0.6) is 0 Å². The van der Waals surface area contributed by atoms with Crippen molar-refractivity contribution in [2.75, 3.05) is 6.61 Å². The van der Waals surface area contributed by atoms with Crippen LogP contribution >= 0.6 is 0 Å². The van der Waals surface area contributed by atoms with Crippen molar-refractivity contribution in [3.8, 4) is 0 Å². The Hall–Kier alpha value is -0.300. The number of aliphatic hydroxyl groups excluding tert-OH is 1. The van der Waals surface area contributed by atoms with E-state index in [1.54, 1.807) is 0 Å². The lowest BCUT2D eigenvalue weighted by Gasteiger charge is -1.97. The van der Waals surface area contributed by atoms with Gasteiger partial charge in [-0.1, -0.05) is 44.8 Å². The zero-order chi connectivity index (χ0) is 9.52. The van der Waals surface area contributed by atoms with Crippen molar-refractivity contribution in [3.05, 3.63) is 12.2 Å². The summed E-state index contributed by atoms with van der Waals surface area (Å²) in [7, 11) is 0. The first-order valence-corrected chi connectivity index (χ1v) is 5.66. The van der Waals surface area contributed by atoms with Gasteiger partial charge in [-0.25, -0.2) is 0 Å². The van der Waals surface area contributed by atoms with Crippen LogP contribution in [0, 0.1) is 11.8 Å². The standard InChI is InChI=1S/C12H22O/c1-2-3-4-5-7-11-10-12(11)8-6-9-13/h6,8,11-13H,2-5,7,9-10H2,1H3/b8-6+/t11-,12-/m1/s1. The SMILES string of the molecule is CCCCCC[C@@H]1C[C@H]1/C=C/CO. The largest absolute Gasteiger partial charge is 0.392 e. The molecule has 1 fully saturated rings. The first-order chi connectivity index (χ1) is 6.38. The third-order valence-corrected chi connectivity index (χ3v) is 2.89. The summed E-state index contributed by atoms with van der Waals surface area (Å²) in [5.74, 6) is 1.74. The molecule has 1 aliphatic carbocycles.